The second kappa shape index (κ2) is 5.67. The van der Waals surface area contributed by atoms with E-state index in [9.17, 15) is 4.79 Å². The third-order valence-electron chi connectivity index (χ3n) is 3.03. The van der Waals surface area contributed by atoms with E-state index in [1.54, 1.807) is 6.92 Å². The Kier molecular flexibility index (Phi) is 3.97. The molecule has 0 aliphatic heterocycles. The maximum atomic E-state index is 12.0. The fourth-order valence-corrected chi connectivity index (χ4v) is 1.76. The summed E-state index contributed by atoms with van der Waals surface area (Å²) in [5.74, 6) is -0.0451. The topological polar surface area (TPSA) is 67.2 Å². The zero-order valence-electron chi connectivity index (χ0n) is 11.2. The number of aromatic nitrogens is 1. The monoisotopic (exact) mass is 259 g/mol. The van der Waals surface area contributed by atoms with Crippen LogP contribution >= 0.6 is 0 Å². The molecular weight excluding hydrogens is 242 g/mol. The first-order valence-corrected chi connectivity index (χ1v) is 6.10. The standard InChI is InChI=1S/C14H17N3O2/c1-9(15-3)11-5-4-6-12(7-11)17-14(18)13-10(2)16-8-19-13/h4-9,15H,1-3H3,(H,17,18). The van der Waals surface area contributed by atoms with Gasteiger partial charge >= 0.3 is 0 Å². The molecule has 0 aliphatic carbocycles. The Morgan fingerprint density at radius 2 is 2.21 bits per heavy atom. The smallest absolute Gasteiger partial charge is 0.293 e. The number of aryl methyl sites for hydroxylation is 1. The van der Waals surface area contributed by atoms with Crippen LogP contribution in [-0.4, -0.2) is 17.9 Å². The van der Waals surface area contributed by atoms with Gasteiger partial charge in [0, 0.05) is 11.7 Å². The van der Waals surface area contributed by atoms with Crippen LogP contribution < -0.4 is 10.6 Å². The fraction of sp³-hybridized carbons (Fsp3) is 0.286. The molecule has 1 unspecified atom stereocenters. The molecule has 2 aromatic rings. The molecule has 1 aromatic heterocycles. The van der Waals surface area contributed by atoms with Crippen LogP contribution in [0.25, 0.3) is 0 Å². The molecule has 1 amide bonds. The molecule has 100 valence electrons. The molecule has 0 bridgehead atoms. The van der Waals surface area contributed by atoms with Gasteiger partial charge in [-0.05, 0) is 38.6 Å². The highest BCUT2D eigenvalue weighted by atomic mass is 16.3. The largest absolute Gasteiger partial charge is 0.438 e. The van der Waals surface area contributed by atoms with Gasteiger partial charge in [-0.15, -0.1) is 0 Å². The summed E-state index contributed by atoms with van der Waals surface area (Å²) in [6.07, 6.45) is 1.27. The molecular formula is C14H17N3O2. The number of hydrogen-bond donors (Lipinski definition) is 2. The van der Waals surface area contributed by atoms with Gasteiger partial charge in [-0.1, -0.05) is 12.1 Å². The molecule has 0 saturated heterocycles. The SMILES string of the molecule is CNC(C)c1cccc(NC(=O)c2ocnc2C)c1. The number of carbonyl (C=O) groups excluding carboxylic acids is 1. The predicted octanol–water partition coefficient (Wildman–Crippen LogP) is 2.52. The van der Waals surface area contributed by atoms with Crippen LogP contribution in [0.3, 0.4) is 0 Å². The Bertz CT molecular complexity index is 578. The van der Waals surface area contributed by atoms with Crippen molar-refractivity contribution in [2.45, 2.75) is 19.9 Å². The van der Waals surface area contributed by atoms with Crippen molar-refractivity contribution in [2.24, 2.45) is 0 Å². The zero-order chi connectivity index (χ0) is 13.8. The number of nitrogens with zero attached hydrogens (tertiary/aromatic N) is 1. The molecule has 0 fully saturated rings. The van der Waals surface area contributed by atoms with Crippen molar-refractivity contribution in [1.82, 2.24) is 10.3 Å². The number of hydrogen-bond acceptors (Lipinski definition) is 4. The van der Waals surface area contributed by atoms with Gasteiger partial charge in [-0.25, -0.2) is 4.98 Å². The Labute approximate surface area is 112 Å². The maximum absolute atomic E-state index is 12.0. The van der Waals surface area contributed by atoms with E-state index in [1.165, 1.54) is 6.39 Å². The minimum absolute atomic E-state index is 0.226. The van der Waals surface area contributed by atoms with E-state index < -0.39 is 0 Å². The lowest BCUT2D eigenvalue weighted by Crippen LogP contribution is -2.14. The van der Waals surface area contributed by atoms with E-state index in [0.29, 0.717) is 5.69 Å². The van der Waals surface area contributed by atoms with Gasteiger partial charge < -0.3 is 15.1 Å². The van der Waals surface area contributed by atoms with Crippen LogP contribution in [0, 0.1) is 6.92 Å². The molecule has 1 atom stereocenters. The summed E-state index contributed by atoms with van der Waals surface area (Å²) in [5.41, 5.74) is 2.42. The number of rotatable bonds is 4. The van der Waals surface area contributed by atoms with Crippen LogP contribution in [-0.2, 0) is 0 Å². The molecule has 0 spiro atoms. The Hall–Kier alpha value is -2.14. The molecule has 0 saturated carbocycles. The number of amides is 1. The minimum Gasteiger partial charge on any atom is -0.438 e. The Balaban J connectivity index is 2.15. The lowest BCUT2D eigenvalue weighted by Gasteiger charge is -2.12. The van der Waals surface area contributed by atoms with Gasteiger partial charge in [-0.3, -0.25) is 4.79 Å². The first-order valence-electron chi connectivity index (χ1n) is 6.10. The quantitative estimate of drug-likeness (QED) is 0.885. The summed E-state index contributed by atoms with van der Waals surface area (Å²) >= 11 is 0. The highest BCUT2D eigenvalue weighted by Crippen LogP contribution is 2.18. The molecule has 2 N–H and O–H groups in total. The van der Waals surface area contributed by atoms with Crippen LogP contribution in [0.2, 0.25) is 0 Å². The van der Waals surface area contributed by atoms with Crippen molar-refractivity contribution in [3.05, 3.63) is 47.7 Å². The summed E-state index contributed by atoms with van der Waals surface area (Å²) in [4.78, 5) is 15.9. The van der Waals surface area contributed by atoms with Crippen LogP contribution in [0.1, 0.15) is 34.8 Å². The highest BCUT2D eigenvalue weighted by molar-refractivity contribution is 6.02. The predicted molar refractivity (Wildman–Crippen MR) is 73.1 cm³/mol. The second-order valence-corrected chi connectivity index (χ2v) is 4.36. The van der Waals surface area contributed by atoms with E-state index >= 15 is 0 Å². The lowest BCUT2D eigenvalue weighted by molar-refractivity contribution is 0.0996. The molecule has 0 radical (unpaired) electrons. The number of anilines is 1. The first-order chi connectivity index (χ1) is 9.11. The molecule has 19 heavy (non-hydrogen) atoms. The van der Waals surface area contributed by atoms with E-state index in [2.05, 4.69) is 22.5 Å². The van der Waals surface area contributed by atoms with Gasteiger partial charge in [0.1, 0.15) is 0 Å². The number of oxazole rings is 1. The van der Waals surface area contributed by atoms with Crippen molar-refractivity contribution in [3.8, 4) is 0 Å². The van der Waals surface area contributed by atoms with E-state index in [1.807, 2.05) is 31.3 Å². The normalized spacial score (nSPS) is 12.2. The van der Waals surface area contributed by atoms with Crippen LogP contribution in [0.4, 0.5) is 5.69 Å². The van der Waals surface area contributed by atoms with Crippen LogP contribution in [0.5, 0.6) is 0 Å². The van der Waals surface area contributed by atoms with Crippen LogP contribution in [0.15, 0.2) is 35.1 Å². The molecule has 1 heterocycles. The van der Waals surface area contributed by atoms with Crippen molar-refractivity contribution >= 4 is 11.6 Å². The van der Waals surface area contributed by atoms with Gasteiger partial charge in [0.25, 0.3) is 5.91 Å². The van der Waals surface area contributed by atoms with Gasteiger partial charge in [0.05, 0.1) is 5.69 Å². The summed E-state index contributed by atoms with van der Waals surface area (Å²) in [6.45, 7) is 3.79. The fourth-order valence-electron chi connectivity index (χ4n) is 1.76. The average molecular weight is 259 g/mol. The zero-order valence-corrected chi connectivity index (χ0v) is 11.2. The summed E-state index contributed by atoms with van der Waals surface area (Å²) < 4.78 is 5.06. The molecule has 5 heteroatoms. The number of benzene rings is 1. The molecule has 5 nitrogen and oxygen atoms in total. The number of nitrogens with one attached hydrogen (secondary N) is 2. The second-order valence-electron chi connectivity index (χ2n) is 4.36. The Morgan fingerprint density at radius 1 is 1.42 bits per heavy atom. The maximum Gasteiger partial charge on any atom is 0.293 e. The highest BCUT2D eigenvalue weighted by Gasteiger charge is 2.14. The van der Waals surface area contributed by atoms with E-state index in [-0.39, 0.29) is 17.7 Å². The van der Waals surface area contributed by atoms with Crippen molar-refractivity contribution in [1.29, 1.82) is 0 Å². The summed E-state index contributed by atoms with van der Waals surface area (Å²) in [6, 6.07) is 7.92. The number of carbonyl (C=O) groups is 1. The van der Waals surface area contributed by atoms with Gasteiger partial charge in [-0.2, -0.15) is 0 Å². The van der Waals surface area contributed by atoms with E-state index in [4.69, 9.17) is 4.42 Å². The minimum atomic E-state index is -0.288. The van der Waals surface area contributed by atoms with Crippen molar-refractivity contribution in [2.75, 3.05) is 12.4 Å². The van der Waals surface area contributed by atoms with Gasteiger partial charge in [0.2, 0.25) is 5.76 Å². The Morgan fingerprint density at radius 3 is 2.84 bits per heavy atom. The summed E-state index contributed by atoms with van der Waals surface area (Å²) in [7, 11) is 1.90. The summed E-state index contributed by atoms with van der Waals surface area (Å²) in [5, 5.41) is 5.96. The van der Waals surface area contributed by atoms with Gasteiger partial charge in [0.15, 0.2) is 6.39 Å². The molecule has 2 rings (SSSR count). The first kappa shape index (κ1) is 13.3. The lowest BCUT2D eigenvalue weighted by atomic mass is 10.1. The van der Waals surface area contributed by atoms with Crippen molar-refractivity contribution in [3.63, 3.8) is 0 Å². The van der Waals surface area contributed by atoms with Crippen molar-refractivity contribution < 1.29 is 9.21 Å². The molecule has 1 aromatic carbocycles. The van der Waals surface area contributed by atoms with E-state index in [0.717, 1.165) is 11.3 Å². The third kappa shape index (κ3) is 3.00. The average Bonchev–Trinajstić information content (AvgIpc) is 2.84. The molecule has 0 aliphatic rings. The third-order valence-corrected chi connectivity index (χ3v) is 3.03.